The van der Waals surface area contributed by atoms with Crippen LogP contribution in [-0.4, -0.2) is 122 Å². The highest BCUT2D eigenvalue weighted by Crippen LogP contribution is 2.11. The second-order valence-electron chi connectivity index (χ2n) is 9.03. The van der Waals surface area contributed by atoms with Gasteiger partial charge in [0.05, 0.1) is 61.5 Å². The third-order valence-corrected chi connectivity index (χ3v) is 3.52. The molecule has 0 aromatic heterocycles. The third-order valence-electron chi connectivity index (χ3n) is 3.52. The number of esters is 2. The number of ether oxygens (including phenoxy) is 2. The van der Waals surface area contributed by atoms with E-state index in [0.29, 0.717) is 8.97 Å². The maximum Gasteiger partial charge on any atom is 0.336 e. The van der Waals surface area contributed by atoms with Gasteiger partial charge in [0.2, 0.25) is 0 Å². The highest BCUT2D eigenvalue weighted by molar-refractivity contribution is 5.82. The Morgan fingerprint density at radius 3 is 1.45 bits per heavy atom. The average molecular weight is 422 g/mol. The van der Waals surface area contributed by atoms with E-state index in [1.165, 1.54) is 0 Å². The standard InChI is InChI=1S/C18H32N2O9/c1-19(2,3)10-12(7-15(22)23)28-17(26)9-14(21)18(27)29-13(8-16(24)25)11-20(4,5)6/h12-14,21H,7-11H2,1-6H3/p+2/t12-,13-,14?/m0/s1. The summed E-state index contributed by atoms with van der Waals surface area (Å²) in [5.41, 5.74) is 0. The monoisotopic (exact) mass is 422 g/mol. The number of carboxylic acids is 2. The molecule has 1 unspecified atom stereocenters. The number of carbonyl (C=O) groups is 4. The zero-order valence-corrected chi connectivity index (χ0v) is 18.0. The zero-order valence-electron chi connectivity index (χ0n) is 18.0. The second-order valence-corrected chi connectivity index (χ2v) is 9.03. The summed E-state index contributed by atoms with van der Waals surface area (Å²) in [6, 6.07) is 0. The van der Waals surface area contributed by atoms with Crippen LogP contribution in [0.2, 0.25) is 0 Å². The first-order chi connectivity index (χ1) is 13.0. The molecule has 0 rings (SSSR count). The molecule has 0 amide bonds. The molecule has 3 atom stereocenters. The average Bonchev–Trinajstić information content (AvgIpc) is 2.41. The van der Waals surface area contributed by atoms with E-state index >= 15 is 0 Å². The third kappa shape index (κ3) is 14.4. The SMILES string of the molecule is C[N+](C)(C)C[C@H](CC(=O)O)OC(=O)CC(O)C(=O)O[C@@H](CC(=O)O)C[N+](C)(C)C. The summed E-state index contributed by atoms with van der Waals surface area (Å²) in [7, 11) is 10.7. The maximum absolute atomic E-state index is 12.1. The number of quaternary nitrogens is 2. The van der Waals surface area contributed by atoms with E-state index < -0.39 is 61.5 Å². The van der Waals surface area contributed by atoms with Crippen LogP contribution in [-0.2, 0) is 28.7 Å². The molecule has 0 saturated carbocycles. The highest BCUT2D eigenvalue weighted by atomic mass is 16.6. The number of rotatable bonds is 13. The van der Waals surface area contributed by atoms with Crippen LogP contribution in [0.25, 0.3) is 0 Å². The van der Waals surface area contributed by atoms with E-state index in [1.54, 1.807) is 42.3 Å². The van der Waals surface area contributed by atoms with E-state index in [2.05, 4.69) is 0 Å². The summed E-state index contributed by atoms with van der Waals surface area (Å²) >= 11 is 0. The summed E-state index contributed by atoms with van der Waals surface area (Å²) in [4.78, 5) is 46.0. The van der Waals surface area contributed by atoms with Gasteiger partial charge < -0.3 is 33.8 Å². The molecule has 11 heteroatoms. The molecule has 0 aliphatic carbocycles. The van der Waals surface area contributed by atoms with Crippen LogP contribution < -0.4 is 0 Å². The van der Waals surface area contributed by atoms with Gasteiger partial charge in [-0.25, -0.2) is 4.79 Å². The van der Waals surface area contributed by atoms with Gasteiger partial charge in [0.25, 0.3) is 0 Å². The Morgan fingerprint density at radius 2 is 1.10 bits per heavy atom. The van der Waals surface area contributed by atoms with Crippen molar-refractivity contribution in [3.05, 3.63) is 0 Å². The van der Waals surface area contributed by atoms with E-state index in [-0.39, 0.29) is 13.1 Å². The minimum absolute atomic E-state index is 0.194. The van der Waals surface area contributed by atoms with Gasteiger partial charge in [0.15, 0.2) is 18.3 Å². The van der Waals surface area contributed by atoms with Gasteiger partial charge >= 0.3 is 23.9 Å². The Morgan fingerprint density at radius 1 is 0.724 bits per heavy atom. The van der Waals surface area contributed by atoms with Gasteiger partial charge in [0, 0.05) is 0 Å². The van der Waals surface area contributed by atoms with Crippen LogP contribution >= 0.6 is 0 Å². The first kappa shape index (κ1) is 26.8. The van der Waals surface area contributed by atoms with Crippen LogP contribution in [0.3, 0.4) is 0 Å². The molecule has 0 heterocycles. The predicted molar refractivity (Wildman–Crippen MR) is 101 cm³/mol. The molecular weight excluding hydrogens is 388 g/mol. The molecule has 168 valence electrons. The molecule has 0 aliphatic rings. The van der Waals surface area contributed by atoms with Crippen molar-refractivity contribution < 1.29 is 52.9 Å². The first-order valence-electron chi connectivity index (χ1n) is 9.11. The normalized spacial score (nSPS) is 15.1. The lowest BCUT2D eigenvalue weighted by molar-refractivity contribution is -0.873. The summed E-state index contributed by atoms with van der Waals surface area (Å²) in [6.07, 6.45) is -5.34. The van der Waals surface area contributed by atoms with Crippen LogP contribution in [0.1, 0.15) is 19.3 Å². The minimum Gasteiger partial charge on any atom is -0.481 e. The van der Waals surface area contributed by atoms with E-state index in [9.17, 15) is 24.3 Å². The molecule has 0 spiro atoms. The topological polar surface area (TPSA) is 147 Å². The molecule has 0 bridgehead atoms. The largest absolute Gasteiger partial charge is 0.481 e. The molecule has 29 heavy (non-hydrogen) atoms. The lowest BCUT2D eigenvalue weighted by Crippen LogP contribution is -2.45. The van der Waals surface area contributed by atoms with Crippen molar-refractivity contribution >= 4 is 23.9 Å². The van der Waals surface area contributed by atoms with Crippen LogP contribution in [0, 0.1) is 0 Å². The molecule has 0 aromatic rings. The lowest BCUT2D eigenvalue weighted by atomic mass is 10.2. The molecule has 11 nitrogen and oxygen atoms in total. The minimum atomic E-state index is -1.85. The van der Waals surface area contributed by atoms with Gasteiger partial charge in [-0.15, -0.1) is 0 Å². The maximum atomic E-state index is 12.1. The molecule has 0 radical (unpaired) electrons. The van der Waals surface area contributed by atoms with E-state index in [1.807, 2.05) is 0 Å². The summed E-state index contributed by atoms with van der Waals surface area (Å²) < 4.78 is 10.8. The number of nitrogens with zero attached hydrogens (tertiary/aromatic N) is 2. The number of likely N-dealkylation sites (N-methyl/N-ethyl adjacent to an activating group) is 2. The van der Waals surface area contributed by atoms with E-state index in [0.717, 1.165) is 0 Å². The molecule has 3 N–H and O–H groups in total. The van der Waals surface area contributed by atoms with Gasteiger partial charge in [-0.1, -0.05) is 0 Å². The van der Waals surface area contributed by atoms with Crippen LogP contribution in [0.5, 0.6) is 0 Å². The highest BCUT2D eigenvalue weighted by Gasteiger charge is 2.31. The quantitative estimate of drug-likeness (QED) is 0.249. The number of aliphatic carboxylic acids is 2. The molecule has 0 saturated heterocycles. The Bertz CT molecular complexity index is 593. The van der Waals surface area contributed by atoms with Crippen molar-refractivity contribution in [3.63, 3.8) is 0 Å². The molecule has 0 fully saturated rings. The number of aliphatic hydroxyl groups excluding tert-OH is 1. The zero-order chi connectivity index (χ0) is 23.0. The van der Waals surface area contributed by atoms with E-state index in [4.69, 9.17) is 19.7 Å². The second kappa shape index (κ2) is 11.1. The number of carboxylic acid groups (broad SMARTS) is 2. The number of aliphatic hydroxyl groups is 1. The lowest BCUT2D eigenvalue weighted by Gasteiger charge is -2.29. The Labute approximate surface area is 170 Å². The number of hydrogen-bond donors (Lipinski definition) is 3. The van der Waals surface area contributed by atoms with Gasteiger partial charge in [0.1, 0.15) is 13.1 Å². The van der Waals surface area contributed by atoms with Crippen molar-refractivity contribution in [1.82, 2.24) is 0 Å². The summed E-state index contributed by atoms with van der Waals surface area (Å²) in [5.74, 6) is -4.39. The summed E-state index contributed by atoms with van der Waals surface area (Å²) in [5, 5.41) is 27.9. The van der Waals surface area contributed by atoms with Crippen molar-refractivity contribution in [2.75, 3.05) is 55.4 Å². The van der Waals surface area contributed by atoms with Crippen molar-refractivity contribution in [1.29, 1.82) is 0 Å². The Hall–Kier alpha value is -2.24. The van der Waals surface area contributed by atoms with Crippen molar-refractivity contribution in [2.45, 2.75) is 37.6 Å². The fourth-order valence-corrected chi connectivity index (χ4v) is 2.62. The molecule has 0 aliphatic heterocycles. The van der Waals surface area contributed by atoms with Crippen LogP contribution in [0.4, 0.5) is 0 Å². The van der Waals surface area contributed by atoms with Gasteiger partial charge in [-0.2, -0.15) is 0 Å². The number of hydrogen-bond acceptors (Lipinski definition) is 7. The van der Waals surface area contributed by atoms with Crippen LogP contribution in [0.15, 0.2) is 0 Å². The fraction of sp³-hybridized carbons (Fsp3) is 0.778. The van der Waals surface area contributed by atoms with Gasteiger partial charge in [-0.05, 0) is 0 Å². The Kier molecular flexibility index (Phi) is 10.2. The van der Waals surface area contributed by atoms with Crippen molar-refractivity contribution in [3.8, 4) is 0 Å². The molecule has 0 aromatic carbocycles. The molecular formula is C18H34N2O9+2. The Balaban J connectivity index is 4.89. The van der Waals surface area contributed by atoms with Crippen molar-refractivity contribution in [2.24, 2.45) is 0 Å². The smallest absolute Gasteiger partial charge is 0.336 e. The van der Waals surface area contributed by atoms with Gasteiger partial charge in [-0.3, -0.25) is 14.4 Å². The predicted octanol–water partition coefficient (Wildman–Crippen LogP) is -1.08. The fourth-order valence-electron chi connectivity index (χ4n) is 2.62. The first-order valence-corrected chi connectivity index (χ1v) is 9.11. The number of carbonyl (C=O) groups excluding carboxylic acids is 2. The summed E-state index contributed by atoms with van der Waals surface area (Å²) in [6.45, 7) is 0.419.